The number of hydrogen-bond acceptors (Lipinski definition) is 3. The first-order valence-corrected chi connectivity index (χ1v) is 6.76. The maximum Gasteiger partial charge on any atom is 0.495 e. The highest BCUT2D eigenvalue weighted by Gasteiger charge is 2.52. The molecule has 1 aliphatic heterocycles. The molecule has 20 heavy (non-hydrogen) atoms. The van der Waals surface area contributed by atoms with Crippen LogP contribution in [-0.4, -0.2) is 23.3 Å². The number of benzene rings is 1. The van der Waals surface area contributed by atoms with Gasteiger partial charge >= 0.3 is 7.12 Å². The summed E-state index contributed by atoms with van der Waals surface area (Å²) < 4.78 is 35.0. The lowest BCUT2D eigenvalue weighted by atomic mass is 9.77. The second-order valence-corrected chi connectivity index (χ2v) is 6.22. The summed E-state index contributed by atoms with van der Waals surface area (Å²) in [5.41, 5.74) is 0.921. The number of nitrogens with zero attached hydrogens (tertiary/aromatic N) is 1. The smallest absolute Gasteiger partial charge is 0.399 e. The number of aryl methyl sites for hydroxylation is 1. The van der Waals surface area contributed by atoms with Crippen molar-refractivity contribution in [3.05, 3.63) is 36.0 Å². The Bertz CT molecular complexity index is 743. The molecule has 0 bridgehead atoms. The van der Waals surface area contributed by atoms with Gasteiger partial charge in [-0.25, -0.2) is 0 Å². The zero-order chi connectivity index (χ0) is 17.0. The van der Waals surface area contributed by atoms with E-state index in [0.29, 0.717) is 0 Å². The maximum atomic E-state index is 7.60. The molecule has 0 spiro atoms. The fourth-order valence-corrected chi connectivity index (χ4v) is 2.34. The largest absolute Gasteiger partial charge is 0.495 e. The molecule has 0 aliphatic carbocycles. The van der Waals surface area contributed by atoms with E-state index in [-0.39, 0.29) is 5.56 Å². The van der Waals surface area contributed by atoms with Gasteiger partial charge in [0.2, 0.25) is 0 Å². The summed E-state index contributed by atoms with van der Waals surface area (Å²) in [5.74, 6) is 0. The highest BCUT2D eigenvalue weighted by Crippen LogP contribution is 2.36. The Balaban J connectivity index is 2.12. The zero-order valence-electron chi connectivity index (χ0n) is 15.2. The summed E-state index contributed by atoms with van der Waals surface area (Å²) in [7, 11) is -0.544. The molecule has 3 nitrogen and oxygen atoms in total. The van der Waals surface area contributed by atoms with Crippen LogP contribution in [0.4, 0.5) is 0 Å². The minimum Gasteiger partial charge on any atom is -0.399 e. The first kappa shape index (κ1) is 10.4. The van der Waals surface area contributed by atoms with Crippen LogP contribution in [0.15, 0.2) is 30.5 Å². The van der Waals surface area contributed by atoms with Gasteiger partial charge in [0.1, 0.15) is 0 Å². The quantitative estimate of drug-likeness (QED) is 0.748. The van der Waals surface area contributed by atoms with Gasteiger partial charge < -0.3 is 9.31 Å². The van der Waals surface area contributed by atoms with E-state index in [2.05, 4.69) is 4.98 Å². The molecular formula is C16H20BNO2. The minimum absolute atomic E-state index is 0.288. The lowest BCUT2D eigenvalue weighted by molar-refractivity contribution is 0.00578. The second kappa shape index (κ2) is 4.30. The van der Waals surface area contributed by atoms with Gasteiger partial charge in [0.05, 0.1) is 16.7 Å². The average molecular weight is 272 g/mol. The summed E-state index contributed by atoms with van der Waals surface area (Å²) in [6, 6.07) is 6.81. The van der Waals surface area contributed by atoms with Crippen molar-refractivity contribution in [2.45, 2.75) is 45.7 Å². The molecule has 0 radical (unpaired) electrons. The molecule has 0 atom stereocenters. The van der Waals surface area contributed by atoms with E-state index >= 15 is 0 Å². The SMILES string of the molecule is [2H]C([2H])([2H])c1ccc2nccc(B3OC(C)(C)C(C)(C)O3)c2c1. The molecule has 104 valence electrons. The Kier molecular flexibility index (Phi) is 2.23. The third-order valence-electron chi connectivity index (χ3n) is 4.28. The summed E-state index contributed by atoms with van der Waals surface area (Å²) in [6.07, 6.45) is 1.69. The highest BCUT2D eigenvalue weighted by molar-refractivity contribution is 6.65. The molecule has 2 heterocycles. The van der Waals surface area contributed by atoms with E-state index in [0.717, 1.165) is 16.4 Å². The molecule has 0 amide bonds. The van der Waals surface area contributed by atoms with Crippen LogP contribution in [0, 0.1) is 6.85 Å². The Hall–Kier alpha value is -1.39. The van der Waals surface area contributed by atoms with Crippen LogP contribution in [0.5, 0.6) is 0 Å². The highest BCUT2D eigenvalue weighted by atomic mass is 16.7. The van der Waals surface area contributed by atoms with E-state index in [1.807, 2.05) is 33.8 Å². The van der Waals surface area contributed by atoms with Crippen molar-refractivity contribution in [3.63, 3.8) is 0 Å². The summed E-state index contributed by atoms with van der Waals surface area (Å²) in [6.45, 7) is 5.81. The predicted octanol–water partition coefficient (Wildman–Crippen LogP) is 2.84. The molecule has 1 aromatic heterocycles. The molecule has 1 saturated heterocycles. The zero-order valence-corrected chi connectivity index (χ0v) is 12.2. The molecule has 0 saturated carbocycles. The molecule has 1 aromatic carbocycles. The summed E-state index contributed by atoms with van der Waals surface area (Å²) in [5, 5.41) is 0.750. The normalized spacial score (nSPS) is 23.4. The monoisotopic (exact) mass is 272 g/mol. The fraction of sp³-hybridized carbons (Fsp3) is 0.438. The Morgan fingerprint density at radius 2 is 1.80 bits per heavy atom. The number of aromatic nitrogens is 1. The van der Waals surface area contributed by atoms with Crippen molar-refractivity contribution >= 4 is 23.5 Å². The van der Waals surface area contributed by atoms with Crippen LogP contribution in [0.25, 0.3) is 10.9 Å². The Labute approximate surface area is 124 Å². The van der Waals surface area contributed by atoms with Crippen molar-refractivity contribution in [2.75, 3.05) is 0 Å². The fourth-order valence-electron chi connectivity index (χ4n) is 2.34. The van der Waals surface area contributed by atoms with E-state index < -0.39 is 25.2 Å². The van der Waals surface area contributed by atoms with Gasteiger partial charge in [-0.3, -0.25) is 4.98 Å². The minimum atomic E-state index is -2.16. The lowest BCUT2D eigenvalue weighted by Crippen LogP contribution is -2.41. The molecule has 1 fully saturated rings. The van der Waals surface area contributed by atoms with E-state index in [1.165, 1.54) is 0 Å². The van der Waals surface area contributed by atoms with Crippen LogP contribution in [0.2, 0.25) is 0 Å². The summed E-state index contributed by atoms with van der Waals surface area (Å²) in [4.78, 5) is 4.31. The van der Waals surface area contributed by atoms with Gasteiger partial charge in [-0.05, 0) is 52.1 Å². The topological polar surface area (TPSA) is 31.4 Å². The van der Waals surface area contributed by atoms with E-state index in [9.17, 15) is 0 Å². The number of fused-ring (bicyclic) bond motifs is 1. The number of pyridine rings is 1. The van der Waals surface area contributed by atoms with Crippen molar-refractivity contribution in [1.82, 2.24) is 4.98 Å². The Morgan fingerprint density at radius 1 is 1.10 bits per heavy atom. The average Bonchev–Trinajstić information content (AvgIpc) is 2.65. The van der Waals surface area contributed by atoms with Crippen molar-refractivity contribution < 1.29 is 13.4 Å². The van der Waals surface area contributed by atoms with Gasteiger partial charge in [-0.1, -0.05) is 17.7 Å². The summed E-state index contributed by atoms with van der Waals surface area (Å²) >= 11 is 0. The molecule has 0 unspecified atom stereocenters. The molecule has 2 aromatic rings. The van der Waals surface area contributed by atoms with Crippen molar-refractivity contribution in [2.24, 2.45) is 0 Å². The van der Waals surface area contributed by atoms with Crippen molar-refractivity contribution in [3.8, 4) is 0 Å². The van der Waals surface area contributed by atoms with Crippen molar-refractivity contribution in [1.29, 1.82) is 0 Å². The van der Waals surface area contributed by atoms with Gasteiger partial charge in [-0.2, -0.15) is 0 Å². The number of rotatable bonds is 1. The molecular weight excluding hydrogens is 249 g/mol. The standard InChI is InChI=1S/C16H20BNO2/c1-11-6-7-14-12(10-11)13(8-9-18-14)17-19-15(2,3)16(4,5)20-17/h6-10H,1-5H3/i1D3. The van der Waals surface area contributed by atoms with Crippen LogP contribution in [-0.2, 0) is 9.31 Å². The molecule has 0 N–H and O–H groups in total. The van der Waals surface area contributed by atoms with Crippen LogP contribution in [0.3, 0.4) is 0 Å². The van der Waals surface area contributed by atoms with Crippen LogP contribution < -0.4 is 5.46 Å². The lowest BCUT2D eigenvalue weighted by Gasteiger charge is -2.32. The van der Waals surface area contributed by atoms with E-state index in [4.69, 9.17) is 13.4 Å². The molecule has 1 aliphatic rings. The molecule has 4 heteroatoms. The van der Waals surface area contributed by atoms with Gasteiger partial charge in [-0.15, -0.1) is 0 Å². The third-order valence-corrected chi connectivity index (χ3v) is 4.28. The Morgan fingerprint density at radius 3 is 2.45 bits per heavy atom. The number of hydrogen-bond donors (Lipinski definition) is 0. The molecule has 3 rings (SSSR count). The first-order valence-electron chi connectivity index (χ1n) is 8.26. The first-order chi connectivity index (χ1) is 10.5. The van der Waals surface area contributed by atoms with Gasteiger partial charge in [0.15, 0.2) is 0 Å². The third kappa shape index (κ3) is 2.04. The van der Waals surface area contributed by atoms with E-state index in [1.54, 1.807) is 24.4 Å². The van der Waals surface area contributed by atoms with Gasteiger partial charge in [0, 0.05) is 15.7 Å². The maximum absolute atomic E-state index is 7.60. The second-order valence-electron chi connectivity index (χ2n) is 6.22. The van der Waals surface area contributed by atoms with Crippen LogP contribution >= 0.6 is 0 Å². The van der Waals surface area contributed by atoms with Gasteiger partial charge in [0.25, 0.3) is 0 Å². The van der Waals surface area contributed by atoms with Crippen LogP contribution in [0.1, 0.15) is 37.4 Å². The predicted molar refractivity (Wildman–Crippen MR) is 82.2 cm³/mol.